The first kappa shape index (κ1) is 18.5. The Hall–Kier alpha value is -1.88. The van der Waals surface area contributed by atoms with Crippen LogP contribution < -0.4 is 16.2 Å². The number of carbonyl (C=O) groups is 2. The van der Waals surface area contributed by atoms with Crippen LogP contribution in [0.4, 0.5) is 5.69 Å². The number of nitrogens with zero attached hydrogens (tertiary/aromatic N) is 2. The van der Waals surface area contributed by atoms with E-state index in [9.17, 15) is 9.59 Å². The van der Waals surface area contributed by atoms with Crippen LogP contribution in [0.3, 0.4) is 0 Å². The molecule has 2 atom stereocenters. The summed E-state index contributed by atoms with van der Waals surface area (Å²) in [5, 5.41) is 11.4. The standard InChI is InChI=1S/C17H16BrN5O2S2/c18-10-4-1-2-5-11(10)19-15(24)9-27-17-21-20-16(25)13-8-12(22-23(13)17)14-6-3-7-26-14/h1-7,12-13,22H,8-9H2,(H,19,24)(H,20,25). The van der Waals surface area contributed by atoms with Gasteiger partial charge in [0.1, 0.15) is 6.04 Å². The number of halogens is 1. The van der Waals surface area contributed by atoms with Crippen molar-refractivity contribution in [2.75, 3.05) is 11.1 Å². The average Bonchev–Trinajstić information content (AvgIpc) is 3.33. The fourth-order valence-corrected chi connectivity index (χ4v) is 4.86. The third kappa shape index (κ3) is 4.03. The van der Waals surface area contributed by atoms with Crippen molar-refractivity contribution in [1.82, 2.24) is 15.9 Å². The van der Waals surface area contributed by atoms with Gasteiger partial charge in [-0.1, -0.05) is 30.0 Å². The van der Waals surface area contributed by atoms with Gasteiger partial charge in [-0.05, 0) is 39.5 Å². The molecular weight excluding hydrogens is 450 g/mol. The second kappa shape index (κ2) is 8.01. The monoisotopic (exact) mass is 465 g/mol. The fourth-order valence-electron chi connectivity index (χ4n) is 2.93. The Bertz CT molecular complexity index is 889. The summed E-state index contributed by atoms with van der Waals surface area (Å²) < 4.78 is 0.825. The Kier molecular flexibility index (Phi) is 5.48. The van der Waals surface area contributed by atoms with Gasteiger partial charge in [0.05, 0.1) is 17.5 Å². The molecule has 2 unspecified atom stereocenters. The summed E-state index contributed by atoms with van der Waals surface area (Å²) >= 11 is 6.35. The van der Waals surface area contributed by atoms with Gasteiger partial charge in [-0.25, -0.2) is 10.9 Å². The number of rotatable bonds is 4. The van der Waals surface area contributed by atoms with Crippen molar-refractivity contribution < 1.29 is 9.59 Å². The van der Waals surface area contributed by atoms with Crippen LogP contribution in [0.2, 0.25) is 0 Å². The largest absolute Gasteiger partial charge is 0.324 e. The average molecular weight is 466 g/mol. The lowest BCUT2D eigenvalue weighted by Gasteiger charge is -2.29. The van der Waals surface area contributed by atoms with Crippen LogP contribution in [-0.4, -0.2) is 33.8 Å². The smallest absolute Gasteiger partial charge is 0.264 e. The Balaban J connectivity index is 1.39. The molecule has 140 valence electrons. The van der Waals surface area contributed by atoms with Crippen LogP contribution in [0, 0.1) is 0 Å². The number of benzene rings is 1. The fraction of sp³-hybridized carbons (Fsp3) is 0.235. The summed E-state index contributed by atoms with van der Waals surface area (Å²) in [4.78, 5) is 25.6. The van der Waals surface area contributed by atoms with Gasteiger partial charge in [-0.3, -0.25) is 14.6 Å². The highest BCUT2D eigenvalue weighted by Gasteiger charge is 2.42. The van der Waals surface area contributed by atoms with E-state index in [-0.39, 0.29) is 29.7 Å². The molecule has 1 aromatic carbocycles. The molecule has 1 saturated heterocycles. The summed E-state index contributed by atoms with van der Waals surface area (Å²) in [6.45, 7) is 0. The van der Waals surface area contributed by atoms with Crippen molar-refractivity contribution in [3.63, 3.8) is 0 Å². The summed E-state index contributed by atoms with van der Waals surface area (Å²) in [6.07, 6.45) is 0.662. The second-order valence-electron chi connectivity index (χ2n) is 6.01. The van der Waals surface area contributed by atoms with Crippen LogP contribution in [-0.2, 0) is 9.59 Å². The number of amidine groups is 1. The van der Waals surface area contributed by atoms with E-state index in [1.54, 1.807) is 16.3 Å². The van der Waals surface area contributed by atoms with E-state index in [1.165, 1.54) is 16.6 Å². The number of thioether (sulfide) groups is 1. The SMILES string of the molecule is O=C(CSC1=NNC(=O)C2CC(c3cccs3)NN12)Nc1ccccc1Br. The highest BCUT2D eigenvalue weighted by molar-refractivity contribution is 9.10. The molecule has 2 aliphatic rings. The number of para-hydroxylation sites is 1. The first-order valence-electron chi connectivity index (χ1n) is 8.25. The van der Waals surface area contributed by atoms with E-state index < -0.39 is 0 Å². The molecule has 0 bridgehead atoms. The molecule has 7 nitrogen and oxygen atoms in total. The first-order valence-corrected chi connectivity index (χ1v) is 10.9. The number of thiophene rings is 1. The Labute approximate surface area is 172 Å². The molecule has 1 fully saturated rings. The molecule has 0 aliphatic carbocycles. The molecule has 2 aliphatic heterocycles. The van der Waals surface area contributed by atoms with Crippen molar-refractivity contribution in [2.24, 2.45) is 5.10 Å². The normalized spacial score (nSPS) is 21.4. The Morgan fingerprint density at radius 3 is 3.00 bits per heavy atom. The minimum absolute atomic E-state index is 0.0683. The minimum Gasteiger partial charge on any atom is -0.324 e. The van der Waals surface area contributed by atoms with Crippen LogP contribution in [0.15, 0.2) is 51.4 Å². The molecule has 3 heterocycles. The molecule has 2 amide bonds. The topological polar surface area (TPSA) is 85.8 Å². The molecule has 2 aromatic rings. The quantitative estimate of drug-likeness (QED) is 0.646. The van der Waals surface area contributed by atoms with Crippen molar-refractivity contribution >= 4 is 61.7 Å². The van der Waals surface area contributed by atoms with Crippen LogP contribution >= 0.6 is 39.0 Å². The molecule has 0 spiro atoms. The van der Waals surface area contributed by atoms with Crippen molar-refractivity contribution in [2.45, 2.75) is 18.5 Å². The number of carbonyl (C=O) groups excluding carboxylic acids is 2. The summed E-state index contributed by atoms with van der Waals surface area (Å²) in [6, 6.07) is 11.2. The van der Waals surface area contributed by atoms with Gasteiger partial charge in [0, 0.05) is 15.8 Å². The second-order valence-corrected chi connectivity index (χ2v) is 8.78. The van der Waals surface area contributed by atoms with Gasteiger partial charge in [0.2, 0.25) is 5.91 Å². The molecule has 4 rings (SSSR count). The van der Waals surface area contributed by atoms with Crippen LogP contribution in [0.25, 0.3) is 0 Å². The van der Waals surface area contributed by atoms with Crippen molar-refractivity contribution in [1.29, 1.82) is 0 Å². The number of fused-ring (bicyclic) bond motifs is 1. The summed E-state index contributed by atoms with van der Waals surface area (Å²) in [5.74, 6) is -0.0921. The molecule has 0 radical (unpaired) electrons. The first-order chi connectivity index (χ1) is 13.1. The van der Waals surface area contributed by atoms with E-state index in [4.69, 9.17) is 0 Å². The maximum atomic E-state index is 12.3. The third-order valence-corrected chi connectivity index (χ3v) is 6.83. The number of hydrogen-bond donors (Lipinski definition) is 3. The number of amides is 2. The molecule has 3 N–H and O–H groups in total. The van der Waals surface area contributed by atoms with Crippen LogP contribution in [0.1, 0.15) is 17.3 Å². The number of hydrazone groups is 1. The third-order valence-electron chi connectivity index (χ3n) is 4.20. The zero-order valence-corrected chi connectivity index (χ0v) is 17.2. The lowest BCUT2D eigenvalue weighted by Crippen LogP contribution is -2.52. The van der Waals surface area contributed by atoms with Crippen LogP contribution in [0.5, 0.6) is 0 Å². The van der Waals surface area contributed by atoms with Gasteiger partial charge in [-0.2, -0.15) is 0 Å². The predicted octanol–water partition coefficient (Wildman–Crippen LogP) is 2.90. The number of nitrogens with one attached hydrogen (secondary N) is 3. The molecule has 27 heavy (non-hydrogen) atoms. The molecule has 1 aromatic heterocycles. The van der Waals surface area contributed by atoms with E-state index in [1.807, 2.05) is 41.8 Å². The van der Waals surface area contributed by atoms with Gasteiger partial charge < -0.3 is 5.32 Å². The Morgan fingerprint density at radius 2 is 2.22 bits per heavy atom. The number of hydrogen-bond acceptors (Lipinski definition) is 7. The molecule has 0 saturated carbocycles. The van der Waals surface area contributed by atoms with Crippen molar-refractivity contribution in [3.05, 3.63) is 51.1 Å². The number of anilines is 1. The van der Waals surface area contributed by atoms with E-state index in [2.05, 4.69) is 37.2 Å². The minimum atomic E-state index is -0.330. The van der Waals surface area contributed by atoms with Gasteiger partial charge >= 0.3 is 0 Å². The summed E-state index contributed by atoms with van der Waals surface area (Å²) in [7, 11) is 0. The predicted molar refractivity (Wildman–Crippen MR) is 111 cm³/mol. The van der Waals surface area contributed by atoms with E-state index in [0.717, 1.165) is 10.2 Å². The van der Waals surface area contributed by atoms with Gasteiger partial charge in [0.25, 0.3) is 5.91 Å². The summed E-state index contributed by atoms with van der Waals surface area (Å²) in [5.41, 5.74) is 6.63. The lowest BCUT2D eigenvalue weighted by atomic mass is 10.1. The molecular formula is C17H16BrN5O2S2. The van der Waals surface area contributed by atoms with Gasteiger partial charge in [0.15, 0.2) is 5.17 Å². The zero-order valence-electron chi connectivity index (χ0n) is 14.0. The Morgan fingerprint density at radius 1 is 1.37 bits per heavy atom. The maximum absolute atomic E-state index is 12.3. The lowest BCUT2D eigenvalue weighted by molar-refractivity contribution is -0.125. The highest BCUT2D eigenvalue weighted by Crippen LogP contribution is 2.33. The zero-order chi connectivity index (χ0) is 18.8. The number of hydrazine groups is 1. The van der Waals surface area contributed by atoms with E-state index >= 15 is 0 Å². The van der Waals surface area contributed by atoms with Crippen molar-refractivity contribution in [3.8, 4) is 0 Å². The van der Waals surface area contributed by atoms with E-state index in [0.29, 0.717) is 11.6 Å². The highest BCUT2D eigenvalue weighted by atomic mass is 79.9. The molecule has 10 heteroatoms. The maximum Gasteiger partial charge on any atom is 0.264 e. The van der Waals surface area contributed by atoms with Gasteiger partial charge in [-0.15, -0.1) is 16.4 Å².